The monoisotopic (exact) mass is 421 g/mol. The van der Waals surface area contributed by atoms with Crippen LogP contribution in [0.25, 0.3) is 6.08 Å². The Labute approximate surface area is 182 Å². The number of benzene rings is 2. The molecule has 1 saturated carbocycles. The Morgan fingerprint density at radius 1 is 1.10 bits per heavy atom. The van der Waals surface area contributed by atoms with E-state index in [-0.39, 0.29) is 18.6 Å². The summed E-state index contributed by atoms with van der Waals surface area (Å²) in [6.45, 7) is 1.86. The number of hydrogen-bond acceptors (Lipinski definition) is 5. The second-order valence-corrected chi connectivity index (χ2v) is 7.94. The van der Waals surface area contributed by atoms with Crippen LogP contribution in [-0.2, 0) is 9.53 Å². The molecule has 1 aliphatic carbocycles. The number of methoxy groups -OCH3 is 1. The van der Waals surface area contributed by atoms with Gasteiger partial charge < -0.3 is 14.2 Å². The molecule has 4 rings (SSSR count). The lowest BCUT2D eigenvalue weighted by atomic mass is 10.1. The lowest BCUT2D eigenvalue weighted by molar-refractivity contribution is -0.125. The molecule has 0 bridgehead atoms. The van der Waals surface area contributed by atoms with E-state index in [2.05, 4.69) is 0 Å². The summed E-state index contributed by atoms with van der Waals surface area (Å²) in [4.78, 5) is 26.6. The highest BCUT2D eigenvalue weighted by molar-refractivity contribution is 6.05. The van der Waals surface area contributed by atoms with Crippen molar-refractivity contribution in [1.82, 2.24) is 4.90 Å². The van der Waals surface area contributed by atoms with Crippen molar-refractivity contribution >= 4 is 18.1 Å². The van der Waals surface area contributed by atoms with E-state index in [1.165, 1.54) is 17.7 Å². The van der Waals surface area contributed by atoms with Crippen LogP contribution in [0, 0.1) is 0 Å². The van der Waals surface area contributed by atoms with Gasteiger partial charge in [-0.1, -0.05) is 36.4 Å². The second kappa shape index (κ2) is 9.25. The van der Waals surface area contributed by atoms with E-state index < -0.39 is 12.1 Å². The Hall–Kier alpha value is -3.28. The molecule has 0 N–H and O–H groups in total. The van der Waals surface area contributed by atoms with Gasteiger partial charge in [-0.3, -0.25) is 4.79 Å². The van der Waals surface area contributed by atoms with Crippen LogP contribution in [0.5, 0.6) is 11.5 Å². The van der Waals surface area contributed by atoms with E-state index >= 15 is 0 Å². The van der Waals surface area contributed by atoms with Crippen molar-refractivity contribution in [3.05, 3.63) is 65.2 Å². The molecule has 2 aromatic rings. The number of imide groups is 1. The fraction of sp³-hybridized carbons (Fsp3) is 0.360. The first-order valence-corrected chi connectivity index (χ1v) is 10.6. The smallest absolute Gasteiger partial charge is 0.417 e. The number of hydrogen-bond donors (Lipinski definition) is 0. The number of cyclic esters (lactones) is 1. The van der Waals surface area contributed by atoms with Crippen LogP contribution in [0.1, 0.15) is 49.8 Å². The molecule has 2 amide bonds. The number of carbonyl (C=O) groups excluding carboxylic acids is 2. The van der Waals surface area contributed by atoms with E-state index in [4.69, 9.17) is 14.2 Å². The van der Waals surface area contributed by atoms with Gasteiger partial charge in [-0.05, 0) is 61.9 Å². The molecule has 6 heteroatoms. The minimum absolute atomic E-state index is 0.157. The summed E-state index contributed by atoms with van der Waals surface area (Å²) in [5, 5.41) is 0. The molecule has 0 radical (unpaired) electrons. The summed E-state index contributed by atoms with van der Waals surface area (Å²) in [6.07, 6.45) is 5.77. The molecule has 1 saturated heterocycles. The van der Waals surface area contributed by atoms with E-state index in [0.29, 0.717) is 17.1 Å². The Morgan fingerprint density at radius 3 is 2.55 bits per heavy atom. The predicted octanol–water partition coefficient (Wildman–Crippen LogP) is 5.14. The maximum absolute atomic E-state index is 13.1. The molecule has 162 valence electrons. The van der Waals surface area contributed by atoms with Crippen LogP contribution in [0.15, 0.2) is 54.1 Å². The van der Waals surface area contributed by atoms with Crippen LogP contribution in [0.2, 0.25) is 0 Å². The number of nitrogens with zero attached hydrogens (tertiary/aromatic N) is 1. The summed E-state index contributed by atoms with van der Waals surface area (Å²) < 4.78 is 16.8. The lowest BCUT2D eigenvalue weighted by Crippen LogP contribution is -2.34. The van der Waals surface area contributed by atoms with Gasteiger partial charge >= 0.3 is 6.09 Å². The highest BCUT2D eigenvalue weighted by Gasteiger charge is 2.39. The van der Waals surface area contributed by atoms with Crippen LogP contribution < -0.4 is 9.47 Å². The van der Waals surface area contributed by atoms with Gasteiger partial charge in [-0.25, -0.2) is 9.69 Å². The summed E-state index contributed by atoms with van der Waals surface area (Å²) in [5.41, 5.74) is 2.12. The normalized spacial score (nSPS) is 19.4. The minimum atomic E-state index is -0.619. The van der Waals surface area contributed by atoms with E-state index in [1.807, 2.05) is 48.5 Å². The first-order valence-electron chi connectivity index (χ1n) is 10.6. The molecule has 0 unspecified atom stereocenters. The van der Waals surface area contributed by atoms with Crippen LogP contribution in [0.4, 0.5) is 4.79 Å². The topological polar surface area (TPSA) is 65.1 Å². The highest BCUT2D eigenvalue weighted by atomic mass is 16.6. The lowest BCUT2D eigenvalue weighted by Gasteiger charge is -2.20. The molecule has 2 aliphatic rings. The molecule has 6 nitrogen and oxygen atoms in total. The zero-order valence-corrected chi connectivity index (χ0v) is 17.9. The Morgan fingerprint density at radius 2 is 1.84 bits per heavy atom. The van der Waals surface area contributed by atoms with Gasteiger partial charge in [0.2, 0.25) is 0 Å². The SMILES string of the molecule is COc1ccc(/C=C(\C)C(=O)N2C(=O)OC[C@H]2c2ccccc2)cc1OC1CCCC1. The molecule has 1 heterocycles. The van der Waals surface area contributed by atoms with Crippen molar-refractivity contribution in [3.8, 4) is 11.5 Å². The fourth-order valence-electron chi connectivity index (χ4n) is 4.13. The van der Waals surface area contributed by atoms with Crippen molar-refractivity contribution in [3.63, 3.8) is 0 Å². The molecular weight excluding hydrogens is 394 g/mol. The molecule has 2 aromatic carbocycles. The fourth-order valence-corrected chi connectivity index (χ4v) is 4.13. The third-order valence-electron chi connectivity index (χ3n) is 5.78. The molecule has 1 aliphatic heterocycles. The molecule has 1 atom stereocenters. The number of amides is 2. The minimum Gasteiger partial charge on any atom is -0.493 e. The maximum Gasteiger partial charge on any atom is 0.417 e. The van der Waals surface area contributed by atoms with E-state index in [9.17, 15) is 9.59 Å². The number of carbonyl (C=O) groups is 2. The van der Waals surface area contributed by atoms with E-state index in [1.54, 1.807) is 20.1 Å². The summed E-state index contributed by atoms with van der Waals surface area (Å²) in [5.74, 6) is 0.969. The molecule has 0 spiro atoms. The maximum atomic E-state index is 13.1. The standard InChI is InChI=1S/C25H27NO5/c1-17(24(27)26-21(16-30-25(26)28)19-8-4-3-5-9-19)14-18-12-13-22(29-2)23(15-18)31-20-10-6-7-11-20/h3-5,8-9,12-15,20-21H,6-7,10-11,16H2,1-2H3/b17-14+/t21-/m0/s1. The average Bonchev–Trinajstić information content (AvgIpc) is 3.43. The van der Waals surface area contributed by atoms with Crippen molar-refractivity contribution in [2.45, 2.75) is 44.8 Å². The van der Waals surface area contributed by atoms with Crippen molar-refractivity contribution in [2.75, 3.05) is 13.7 Å². The third-order valence-corrected chi connectivity index (χ3v) is 5.78. The van der Waals surface area contributed by atoms with Gasteiger partial charge in [0.15, 0.2) is 11.5 Å². The van der Waals surface area contributed by atoms with E-state index in [0.717, 1.165) is 24.0 Å². The Kier molecular flexibility index (Phi) is 6.26. The largest absolute Gasteiger partial charge is 0.493 e. The van der Waals surface area contributed by atoms with Gasteiger partial charge in [0, 0.05) is 5.57 Å². The highest BCUT2D eigenvalue weighted by Crippen LogP contribution is 2.34. The van der Waals surface area contributed by atoms with Gasteiger partial charge in [-0.15, -0.1) is 0 Å². The molecule has 2 fully saturated rings. The molecular formula is C25H27NO5. The summed E-state index contributed by atoms with van der Waals surface area (Å²) in [7, 11) is 1.61. The van der Waals surface area contributed by atoms with Crippen LogP contribution in [0.3, 0.4) is 0 Å². The quantitative estimate of drug-likeness (QED) is 0.604. The van der Waals surface area contributed by atoms with Crippen molar-refractivity contribution < 1.29 is 23.8 Å². The van der Waals surface area contributed by atoms with Gasteiger partial charge in [-0.2, -0.15) is 0 Å². The molecule has 0 aromatic heterocycles. The zero-order valence-electron chi connectivity index (χ0n) is 17.9. The van der Waals surface area contributed by atoms with Crippen molar-refractivity contribution in [1.29, 1.82) is 0 Å². The first-order chi connectivity index (χ1) is 15.1. The summed E-state index contributed by atoms with van der Waals surface area (Å²) in [6, 6.07) is 14.6. The van der Waals surface area contributed by atoms with Crippen molar-refractivity contribution in [2.24, 2.45) is 0 Å². The number of rotatable bonds is 6. The number of ether oxygens (including phenoxy) is 3. The zero-order chi connectivity index (χ0) is 21.8. The predicted molar refractivity (Wildman–Crippen MR) is 117 cm³/mol. The van der Waals surface area contributed by atoms with Gasteiger partial charge in [0.1, 0.15) is 12.6 Å². The average molecular weight is 421 g/mol. The van der Waals surface area contributed by atoms with Crippen LogP contribution >= 0.6 is 0 Å². The molecule has 31 heavy (non-hydrogen) atoms. The second-order valence-electron chi connectivity index (χ2n) is 7.94. The van der Waals surface area contributed by atoms with Gasteiger partial charge in [0.05, 0.1) is 13.2 Å². The Balaban J connectivity index is 1.56. The van der Waals surface area contributed by atoms with Crippen LogP contribution in [-0.4, -0.2) is 36.7 Å². The van der Waals surface area contributed by atoms with Gasteiger partial charge in [0.25, 0.3) is 5.91 Å². The first kappa shape index (κ1) is 21.0. The summed E-state index contributed by atoms with van der Waals surface area (Å²) >= 11 is 0. The Bertz CT molecular complexity index is 979. The third kappa shape index (κ3) is 4.58.